The summed E-state index contributed by atoms with van der Waals surface area (Å²) >= 11 is 0. The van der Waals surface area contributed by atoms with Crippen LogP contribution in [0.3, 0.4) is 0 Å². The van der Waals surface area contributed by atoms with E-state index in [1.54, 1.807) is 14.2 Å². The Morgan fingerprint density at radius 3 is 1.60 bits per heavy atom. The fraction of sp³-hybridized carbons (Fsp3) is 0.457. The largest absolute Gasteiger partial charge is 0.497 e. The molecule has 3 aromatic rings. The van der Waals surface area contributed by atoms with Crippen LogP contribution in [0.4, 0.5) is 0 Å². The molecule has 2 aliphatic rings. The molecule has 42 heavy (non-hydrogen) atoms. The van der Waals surface area contributed by atoms with E-state index >= 15 is 0 Å². The number of methoxy groups -OCH3 is 2. The lowest BCUT2D eigenvalue weighted by Crippen LogP contribution is -2.65. The van der Waals surface area contributed by atoms with Gasteiger partial charge in [0, 0.05) is 23.8 Å². The summed E-state index contributed by atoms with van der Waals surface area (Å²) in [6.45, 7) is 9.69. The van der Waals surface area contributed by atoms with Gasteiger partial charge in [-0.3, -0.25) is 9.69 Å². The zero-order chi connectivity index (χ0) is 30.4. The van der Waals surface area contributed by atoms with Crippen LogP contribution in [-0.2, 0) is 19.9 Å². The zero-order valence-corrected chi connectivity index (χ0v) is 25.8. The SMILES string of the molecule is COc1ccc(C(O[C@H]2[C@@H](OC(C)=O)[C@H]3N(C)[C@@H]2C(C)(C)C(O)C3(C)C)(c2ccccc2)c2ccc(OC)cc2)cc1. The highest BCUT2D eigenvalue weighted by Gasteiger charge is 2.69. The Balaban J connectivity index is 1.79. The Morgan fingerprint density at radius 2 is 1.17 bits per heavy atom. The predicted octanol–water partition coefficient (Wildman–Crippen LogP) is 5.42. The van der Waals surface area contributed by atoms with E-state index < -0.39 is 34.7 Å². The molecule has 0 aliphatic carbocycles. The molecule has 3 aromatic carbocycles. The number of fused-ring (bicyclic) bond motifs is 2. The van der Waals surface area contributed by atoms with Gasteiger partial charge in [0.2, 0.25) is 0 Å². The van der Waals surface area contributed by atoms with Gasteiger partial charge >= 0.3 is 5.97 Å². The maximum atomic E-state index is 12.6. The van der Waals surface area contributed by atoms with Gasteiger partial charge < -0.3 is 24.1 Å². The average molecular weight is 574 g/mol. The first kappa shape index (κ1) is 30.1. The van der Waals surface area contributed by atoms with Gasteiger partial charge in [0.1, 0.15) is 29.3 Å². The first-order valence-electron chi connectivity index (χ1n) is 14.5. The van der Waals surface area contributed by atoms with Gasteiger partial charge in [-0.15, -0.1) is 0 Å². The second kappa shape index (κ2) is 11.0. The van der Waals surface area contributed by atoms with Crippen molar-refractivity contribution in [3.8, 4) is 11.5 Å². The number of likely N-dealkylation sites (N-methyl/N-ethyl adjacent to an activating group) is 1. The highest BCUT2D eigenvalue weighted by molar-refractivity contribution is 5.66. The lowest BCUT2D eigenvalue weighted by molar-refractivity contribution is -0.163. The highest BCUT2D eigenvalue weighted by atomic mass is 16.6. The van der Waals surface area contributed by atoms with Crippen LogP contribution >= 0.6 is 0 Å². The van der Waals surface area contributed by atoms with Crippen LogP contribution in [0.2, 0.25) is 0 Å². The molecule has 5 atom stereocenters. The third-order valence-electron chi connectivity index (χ3n) is 9.55. The van der Waals surface area contributed by atoms with E-state index in [9.17, 15) is 9.90 Å². The molecular formula is C35H43NO6. The summed E-state index contributed by atoms with van der Waals surface area (Å²) < 4.78 is 24.7. The van der Waals surface area contributed by atoms with Crippen molar-refractivity contribution in [1.29, 1.82) is 0 Å². The third kappa shape index (κ3) is 4.68. The van der Waals surface area contributed by atoms with Gasteiger partial charge in [-0.2, -0.15) is 0 Å². The second-order valence-electron chi connectivity index (χ2n) is 12.8. The summed E-state index contributed by atoms with van der Waals surface area (Å²) in [4.78, 5) is 14.9. The Hall–Kier alpha value is -3.39. The molecule has 2 bridgehead atoms. The van der Waals surface area contributed by atoms with Crippen LogP contribution < -0.4 is 9.47 Å². The van der Waals surface area contributed by atoms with Crippen LogP contribution in [0.5, 0.6) is 11.5 Å². The predicted molar refractivity (Wildman–Crippen MR) is 162 cm³/mol. The molecule has 7 nitrogen and oxygen atoms in total. The van der Waals surface area contributed by atoms with E-state index in [4.69, 9.17) is 18.9 Å². The molecule has 0 radical (unpaired) electrons. The van der Waals surface area contributed by atoms with Gasteiger partial charge in [-0.05, 0) is 48.0 Å². The number of ether oxygens (including phenoxy) is 4. The third-order valence-corrected chi connectivity index (χ3v) is 9.55. The molecule has 224 valence electrons. The number of esters is 1. The van der Waals surface area contributed by atoms with Gasteiger partial charge in [0.15, 0.2) is 0 Å². The molecular weight excluding hydrogens is 530 g/mol. The molecule has 0 saturated carbocycles. The van der Waals surface area contributed by atoms with Crippen LogP contribution in [0, 0.1) is 10.8 Å². The number of piperidine rings is 1. The zero-order valence-electron chi connectivity index (χ0n) is 25.8. The van der Waals surface area contributed by atoms with Crippen molar-refractivity contribution in [2.24, 2.45) is 10.8 Å². The van der Waals surface area contributed by atoms with Crippen molar-refractivity contribution < 1.29 is 28.8 Å². The fourth-order valence-corrected chi connectivity index (χ4v) is 7.86. The highest BCUT2D eigenvalue weighted by Crippen LogP contribution is 2.57. The quantitative estimate of drug-likeness (QED) is 0.285. The average Bonchev–Trinajstić information content (AvgIpc) is 3.24. The number of hydrogen-bond acceptors (Lipinski definition) is 7. The standard InChI is InChI=1S/C35H43NO6/c1-22(37)41-28-29(31-34(4,5)32(38)33(2,3)30(28)36(31)6)42-35(23-12-10-9-11-13-23,24-14-18-26(39-7)19-15-24)25-16-20-27(40-8)21-17-25/h9-21,28-32,38H,1-8H3/t28-,29+,30-,31+,32?/m1/s1. The van der Waals surface area contributed by atoms with Crippen molar-refractivity contribution in [3.63, 3.8) is 0 Å². The van der Waals surface area contributed by atoms with Crippen molar-refractivity contribution in [2.45, 2.75) is 70.6 Å². The minimum Gasteiger partial charge on any atom is -0.497 e. The maximum Gasteiger partial charge on any atom is 0.303 e. The molecule has 0 spiro atoms. The lowest BCUT2D eigenvalue weighted by atomic mass is 9.63. The molecule has 1 N–H and O–H groups in total. The number of aliphatic hydroxyl groups is 1. The Kier molecular flexibility index (Phi) is 7.90. The molecule has 1 unspecified atom stereocenters. The van der Waals surface area contributed by atoms with E-state index in [0.29, 0.717) is 0 Å². The summed E-state index contributed by atoms with van der Waals surface area (Å²) in [6, 6.07) is 25.4. The summed E-state index contributed by atoms with van der Waals surface area (Å²) in [6.07, 6.45) is -1.86. The van der Waals surface area contributed by atoms with Gasteiger partial charge in [-0.1, -0.05) is 82.3 Å². The molecule has 0 amide bonds. The number of rotatable bonds is 8. The van der Waals surface area contributed by atoms with Crippen molar-refractivity contribution in [3.05, 3.63) is 95.6 Å². The first-order chi connectivity index (χ1) is 19.9. The van der Waals surface area contributed by atoms with Crippen LogP contribution in [0.1, 0.15) is 51.3 Å². The number of benzene rings is 3. The van der Waals surface area contributed by atoms with E-state index in [1.165, 1.54) is 6.92 Å². The smallest absolute Gasteiger partial charge is 0.303 e. The van der Waals surface area contributed by atoms with Crippen LogP contribution in [0.25, 0.3) is 0 Å². The number of carbonyl (C=O) groups is 1. The molecule has 5 rings (SSSR count). The van der Waals surface area contributed by atoms with Gasteiger partial charge in [0.25, 0.3) is 0 Å². The molecule has 2 saturated heterocycles. The second-order valence-corrected chi connectivity index (χ2v) is 12.8. The first-order valence-corrected chi connectivity index (χ1v) is 14.5. The Labute approximate surface area is 249 Å². The van der Waals surface area contributed by atoms with E-state index in [0.717, 1.165) is 28.2 Å². The minimum absolute atomic E-state index is 0.255. The summed E-state index contributed by atoms with van der Waals surface area (Å²) in [5.41, 5.74) is 0.431. The van der Waals surface area contributed by atoms with E-state index in [1.807, 2.05) is 80.6 Å². The molecule has 2 heterocycles. The van der Waals surface area contributed by atoms with Gasteiger partial charge in [-0.25, -0.2) is 0 Å². The molecule has 0 aromatic heterocycles. The van der Waals surface area contributed by atoms with Crippen LogP contribution in [0.15, 0.2) is 78.9 Å². The number of hydrogen-bond donors (Lipinski definition) is 1. The summed E-state index contributed by atoms with van der Waals surface area (Å²) in [7, 11) is 5.34. The fourth-order valence-electron chi connectivity index (χ4n) is 7.86. The Bertz CT molecular complexity index is 1340. The van der Waals surface area contributed by atoms with Gasteiger partial charge in [0.05, 0.1) is 26.4 Å². The molecule has 2 fully saturated rings. The summed E-state index contributed by atoms with van der Waals surface area (Å²) in [5, 5.41) is 11.7. The number of nitrogens with zero attached hydrogens (tertiary/aromatic N) is 1. The summed E-state index contributed by atoms with van der Waals surface area (Å²) in [5.74, 6) is 1.09. The molecule has 2 aliphatic heterocycles. The number of carbonyl (C=O) groups excluding carboxylic acids is 1. The maximum absolute atomic E-state index is 12.6. The lowest BCUT2D eigenvalue weighted by Gasteiger charge is -2.55. The Morgan fingerprint density at radius 1 is 0.738 bits per heavy atom. The minimum atomic E-state index is -1.10. The number of aliphatic hydroxyl groups excluding tert-OH is 1. The van der Waals surface area contributed by atoms with Crippen molar-refractivity contribution >= 4 is 5.97 Å². The topological polar surface area (TPSA) is 77.5 Å². The molecule has 7 heteroatoms. The van der Waals surface area contributed by atoms with Crippen molar-refractivity contribution in [2.75, 3.05) is 21.3 Å². The van der Waals surface area contributed by atoms with Crippen LogP contribution in [-0.4, -0.2) is 67.6 Å². The normalized spacial score (nSPS) is 26.5. The van der Waals surface area contributed by atoms with Crippen molar-refractivity contribution in [1.82, 2.24) is 4.90 Å². The van der Waals surface area contributed by atoms with E-state index in [-0.39, 0.29) is 18.1 Å². The monoisotopic (exact) mass is 573 g/mol. The van der Waals surface area contributed by atoms with E-state index in [2.05, 4.69) is 37.9 Å².